The van der Waals surface area contributed by atoms with Crippen LogP contribution in [0.3, 0.4) is 0 Å². The lowest BCUT2D eigenvalue weighted by Crippen LogP contribution is -2.23. The standard InChI is InChI=1S/C22H28O5/c1-16(2)22(24)27-15-14-26-20-11-9-19(10-12-20)18-7-4-17(5-8-18)6-13-21(23)25-3/h4-8,13,19-20H,1,9-12,14-15H2,2-3H3/b13-6+. The third-order valence-corrected chi connectivity index (χ3v) is 4.71. The molecule has 0 amide bonds. The minimum absolute atomic E-state index is 0.229. The number of hydrogen-bond acceptors (Lipinski definition) is 5. The maximum atomic E-state index is 11.3. The maximum absolute atomic E-state index is 11.3. The second kappa shape index (κ2) is 10.7. The van der Waals surface area contributed by atoms with E-state index in [2.05, 4.69) is 23.4 Å². The summed E-state index contributed by atoms with van der Waals surface area (Å²) in [7, 11) is 1.37. The Bertz CT molecular complexity index is 666. The molecule has 1 aromatic rings. The highest BCUT2D eigenvalue weighted by Gasteiger charge is 2.22. The van der Waals surface area contributed by atoms with Crippen molar-refractivity contribution in [3.05, 3.63) is 53.6 Å². The maximum Gasteiger partial charge on any atom is 0.333 e. The molecule has 0 spiro atoms. The van der Waals surface area contributed by atoms with Crippen LogP contribution in [0.25, 0.3) is 6.08 Å². The molecule has 0 unspecified atom stereocenters. The molecule has 1 aliphatic carbocycles. The summed E-state index contributed by atoms with van der Waals surface area (Å²) in [5.74, 6) is -0.191. The first-order valence-electron chi connectivity index (χ1n) is 9.30. The van der Waals surface area contributed by atoms with Crippen LogP contribution >= 0.6 is 0 Å². The summed E-state index contributed by atoms with van der Waals surface area (Å²) in [6.45, 7) is 5.88. The van der Waals surface area contributed by atoms with Crippen molar-refractivity contribution in [2.75, 3.05) is 20.3 Å². The number of carbonyl (C=O) groups excluding carboxylic acids is 2. The minimum Gasteiger partial charge on any atom is -0.466 e. The summed E-state index contributed by atoms with van der Waals surface area (Å²) >= 11 is 0. The third kappa shape index (κ3) is 7.02. The Balaban J connectivity index is 1.72. The van der Waals surface area contributed by atoms with Gasteiger partial charge in [-0.3, -0.25) is 0 Å². The summed E-state index contributed by atoms with van der Waals surface area (Å²) in [6.07, 6.45) is 7.56. The van der Waals surface area contributed by atoms with Gasteiger partial charge in [0.2, 0.25) is 0 Å². The molecule has 2 rings (SSSR count). The Morgan fingerprint density at radius 2 is 1.78 bits per heavy atom. The SMILES string of the molecule is C=C(C)C(=O)OCCOC1CCC(c2ccc(/C=C/C(=O)OC)cc2)CC1. The smallest absolute Gasteiger partial charge is 0.333 e. The molecule has 0 radical (unpaired) electrons. The van der Waals surface area contributed by atoms with Crippen molar-refractivity contribution in [3.63, 3.8) is 0 Å². The summed E-state index contributed by atoms with van der Waals surface area (Å²) in [4.78, 5) is 22.4. The molecule has 1 aromatic carbocycles. The third-order valence-electron chi connectivity index (χ3n) is 4.71. The highest BCUT2D eigenvalue weighted by Crippen LogP contribution is 2.34. The topological polar surface area (TPSA) is 61.8 Å². The van der Waals surface area contributed by atoms with E-state index in [0.717, 1.165) is 31.2 Å². The van der Waals surface area contributed by atoms with Crippen LogP contribution in [0.2, 0.25) is 0 Å². The Morgan fingerprint density at radius 1 is 1.11 bits per heavy atom. The van der Waals surface area contributed by atoms with E-state index in [4.69, 9.17) is 9.47 Å². The van der Waals surface area contributed by atoms with Crippen LogP contribution in [0.15, 0.2) is 42.5 Å². The van der Waals surface area contributed by atoms with Gasteiger partial charge in [0.15, 0.2) is 0 Å². The number of carbonyl (C=O) groups is 2. The van der Waals surface area contributed by atoms with Crippen molar-refractivity contribution in [1.82, 2.24) is 0 Å². The molecule has 146 valence electrons. The first-order valence-corrected chi connectivity index (χ1v) is 9.30. The molecule has 0 atom stereocenters. The van der Waals surface area contributed by atoms with Gasteiger partial charge >= 0.3 is 11.9 Å². The Morgan fingerprint density at radius 3 is 2.37 bits per heavy atom. The molecule has 0 heterocycles. The quantitative estimate of drug-likeness (QED) is 0.392. The highest BCUT2D eigenvalue weighted by molar-refractivity contribution is 5.87. The number of hydrogen-bond donors (Lipinski definition) is 0. The van der Waals surface area contributed by atoms with Crippen LogP contribution in [0, 0.1) is 0 Å². The first-order chi connectivity index (χ1) is 13.0. The first kappa shape index (κ1) is 20.9. The molecule has 0 bridgehead atoms. The highest BCUT2D eigenvalue weighted by atomic mass is 16.6. The lowest BCUT2D eigenvalue weighted by molar-refractivity contribution is -0.141. The molecule has 5 heteroatoms. The molecule has 27 heavy (non-hydrogen) atoms. The molecule has 0 N–H and O–H groups in total. The molecule has 0 aliphatic heterocycles. The molecule has 0 aromatic heterocycles. The Kier molecular flexibility index (Phi) is 8.27. The molecular formula is C22H28O5. The van der Waals surface area contributed by atoms with Crippen LogP contribution in [0.4, 0.5) is 0 Å². The number of esters is 2. The average molecular weight is 372 g/mol. The summed E-state index contributed by atoms with van der Waals surface area (Å²) in [5, 5.41) is 0. The van der Waals surface area contributed by atoms with Gasteiger partial charge in [-0.25, -0.2) is 9.59 Å². The van der Waals surface area contributed by atoms with E-state index < -0.39 is 0 Å². The predicted octanol–water partition coefficient (Wildman–Crippen LogP) is 4.03. The average Bonchev–Trinajstić information content (AvgIpc) is 2.70. The largest absolute Gasteiger partial charge is 0.466 e. The molecule has 1 saturated carbocycles. The van der Waals surface area contributed by atoms with Gasteiger partial charge in [-0.15, -0.1) is 0 Å². The number of ether oxygens (including phenoxy) is 3. The van der Waals surface area contributed by atoms with Crippen molar-refractivity contribution < 1.29 is 23.8 Å². The van der Waals surface area contributed by atoms with E-state index in [9.17, 15) is 9.59 Å². The molecule has 1 fully saturated rings. The van der Waals surface area contributed by atoms with Crippen LogP contribution in [0.5, 0.6) is 0 Å². The lowest BCUT2D eigenvalue weighted by atomic mass is 9.82. The van der Waals surface area contributed by atoms with E-state index in [0.29, 0.717) is 18.1 Å². The fourth-order valence-electron chi connectivity index (χ4n) is 3.15. The van der Waals surface area contributed by atoms with E-state index in [-0.39, 0.29) is 24.6 Å². The Labute approximate surface area is 161 Å². The molecule has 5 nitrogen and oxygen atoms in total. The van der Waals surface area contributed by atoms with Gasteiger partial charge in [0, 0.05) is 11.6 Å². The van der Waals surface area contributed by atoms with E-state index >= 15 is 0 Å². The zero-order valence-corrected chi connectivity index (χ0v) is 16.1. The second-order valence-electron chi connectivity index (χ2n) is 6.78. The second-order valence-corrected chi connectivity index (χ2v) is 6.78. The van der Waals surface area contributed by atoms with Crippen molar-refractivity contribution in [1.29, 1.82) is 0 Å². The fraction of sp³-hybridized carbons (Fsp3) is 0.455. The van der Waals surface area contributed by atoms with Crippen LogP contribution in [-0.4, -0.2) is 38.4 Å². The number of rotatable bonds is 8. The van der Waals surface area contributed by atoms with Gasteiger partial charge in [0.1, 0.15) is 6.61 Å². The molecular weight excluding hydrogens is 344 g/mol. The summed E-state index contributed by atoms with van der Waals surface area (Å²) in [6, 6.07) is 8.29. The zero-order chi connectivity index (χ0) is 19.6. The van der Waals surface area contributed by atoms with E-state index in [1.54, 1.807) is 13.0 Å². The van der Waals surface area contributed by atoms with Crippen molar-refractivity contribution in [2.24, 2.45) is 0 Å². The monoisotopic (exact) mass is 372 g/mol. The van der Waals surface area contributed by atoms with Gasteiger partial charge in [0.25, 0.3) is 0 Å². The van der Waals surface area contributed by atoms with Crippen molar-refractivity contribution in [3.8, 4) is 0 Å². The van der Waals surface area contributed by atoms with E-state index in [1.165, 1.54) is 18.7 Å². The van der Waals surface area contributed by atoms with Crippen LogP contribution < -0.4 is 0 Å². The predicted molar refractivity (Wildman–Crippen MR) is 104 cm³/mol. The number of benzene rings is 1. The van der Waals surface area contributed by atoms with E-state index in [1.807, 2.05) is 12.1 Å². The zero-order valence-electron chi connectivity index (χ0n) is 16.1. The number of methoxy groups -OCH3 is 1. The minimum atomic E-state index is -0.368. The van der Waals surface area contributed by atoms with Crippen molar-refractivity contribution in [2.45, 2.75) is 44.6 Å². The van der Waals surface area contributed by atoms with Crippen LogP contribution in [0.1, 0.15) is 49.7 Å². The van der Waals surface area contributed by atoms with Gasteiger partial charge in [0.05, 0.1) is 19.8 Å². The van der Waals surface area contributed by atoms with Gasteiger partial charge in [-0.1, -0.05) is 30.8 Å². The summed E-state index contributed by atoms with van der Waals surface area (Å²) < 4.78 is 15.5. The molecule has 1 aliphatic rings. The van der Waals surface area contributed by atoms with Crippen LogP contribution in [-0.2, 0) is 23.8 Å². The Hall–Kier alpha value is -2.40. The molecule has 0 saturated heterocycles. The normalized spacial score (nSPS) is 19.6. The van der Waals surface area contributed by atoms with Gasteiger partial charge in [-0.2, -0.15) is 0 Å². The van der Waals surface area contributed by atoms with Gasteiger partial charge in [-0.05, 0) is 55.7 Å². The summed E-state index contributed by atoms with van der Waals surface area (Å²) in [5.41, 5.74) is 2.70. The fourth-order valence-corrected chi connectivity index (χ4v) is 3.15. The van der Waals surface area contributed by atoms with Gasteiger partial charge < -0.3 is 14.2 Å². The van der Waals surface area contributed by atoms with Crippen molar-refractivity contribution >= 4 is 18.0 Å². The lowest BCUT2D eigenvalue weighted by Gasteiger charge is -2.29.